The van der Waals surface area contributed by atoms with Gasteiger partial charge in [0.1, 0.15) is 0 Å². The standard InChI is InChI=1S/C14H10IN3O2/c1-8-12(15)13-16-10(9-5-3-2-4-6-9)7-11(14(19)20)18(13)17-8/h2-7H,1H3,(H,19,20). The van der Waals surface area contributed by atoms with Crippen LogP contribution in [-0.4, -0.2) is 25.7 Å². The van der Waals surface area contributed by atoms with Crippen LogP contribution in [0.3, 0.4) is 0 Å². The highest BCUT2D eigenvalue weighted by Gasteiger charge is 2.17. The summed E-state index contributed by atoms with van der Waals surface area (Å²) in [7, 11) is 0. The first-order valence-electron chi connectivity index (χ1n) is 5.92. The minimum absolute atomic E-state index is 0.111. The second kappa shape index (κ2) is 4.86. The Morgan fingerprint density at radius 2 is 2.00 bits per heavy atom. The van der Waals surface area contributed by atoms with Gasteiger partial charge in [-0.2, -0.15) is 5.10 Å². The van der Waals surface area contributed by atoms with E-state index >= 15 is 0 Å². The van der Waals surface area contributed by atoms with Gasteiger partial charge >= 0.3 is 5.97 Å². The minimum atomic E-state index is -1.02. The molecule has 20 heavy (non-hydrogen) atoms. The molecule has 3 aromatic rings. The molecule has 1 aromatic carbocycles. The SMILES string of the molecule is Cc1nn2c(C(=O)O)cc(-c3ccccc3)nc2c1I. The van der Waals surface area contributed by atoms with Gasteiger partial charge in [0, 0.05) is 5.56 Å². The molecule has 1 N–H and O–H groups in total. The number of nitrogens with zero attached hydrogens (tertiary/aromatic N) is 3. The van der Waals surface area contributed by atoms with E-state index in [1.807, 2.05) is 37.3 Å². The summed E-state index contributed by atoms with van der Waals surface area (Å²) in [6.07, 6.45) is 0. The van der Waals surface area contributed by atoms with Gasteiger partial charge in [-0.25, -0.2) is 14.3 Å². The molecule has 5 nitrogen and oxygen atoms in total. The van der Waals surface area contributed by atoms with Crippen molar-refractivity contribution in [3.63, 3.8) is 0 Å². The molecule has 3 rings (SSSR count). The Bertz CT molecular complexity index is 812. The molecular weight excluding hydrogens is 369 g/mol. The number of hydrogen-bond acceptors (Lipinski definition) is 3. The quantitative estimate of drug-likeness (QED) is 0.696. The number of rotatable bonds is 2. The number of carboxylic acid groups (broad SMARTS) is 1. The summed E-state index contributed by atoms with van der Waals surface area (Å²) in [5.74, 6) is -1.02. The van der Waals surface area contributed by atoms with Gasteiger partial charge in [0.25, 0.3) is 0 Å². The first-order valence-corrected chi connectivity index (χ1v) is 7.00. The average Bonchev–Trinajstić information content (AvgIpc) is 2.74. The molecule has 0 aliphatic heterocycles. The van der Waals surface area contributed by atoms with Crippen LogP contribution in [0.15, 0.2) is 36.4 Å². The molecule has 0 aliphatic rings. The van der Waals surface area contributed by atoms with Gasteiger partial charge < -0.3 is 5.11 Å². The third-order valence-electron chi connectivity index (χ3n) is 2.98. The number of aromatic nitrogens is 3. The fraction of sp³-hybridized carbons (Fsp3) is 0.0714. The Kier molecular flexibility index (Phi) is 3.17. The Balaban J connectivity index is 2.36. The minimum Gasteiger partial charge on any atom is -0.477 e. The molecule has 0 saturated carbocycles. The lowest BCUT2D eigenvalue weighted by Crippen LogP contribution is -2.08. The highest BCUT2D eigenvalue weighted by Crippen LogP contribution is 2.23. The number of aryl methyl sites for hydroxylation is 1. The third kappa shape index (κ3) is 2.05. The number of halogens is 1. The van der Waals surface area contributed by atoms with Crippen LogP contribution in [0.1, 0.15) is 16.2 Å². The molecule has 100 valence electrons. The van der Waals surface area contributed by atoms with Crippen molar-refractivity contribution in [1.29, 1.82) is 0 Å². The Morgan fingerprint density at radius 1 is 1.30 bits per heavy atom. The number of benzene rings is 1. The topological polar surface area (TPSA) is 67.5 Å². The molecule has 0 radical (unpaired) electrons. The molecule has 0 aliphatic carbocycles. The van der Waals surface area contributed by atoms with Gasteiger partial charge in [0.2, 0.25) is 0 Å². The molecule has 2 aromatic heterocycles. The zero-order valence-electron chi connectivity index (χ0n) is 10.5. The zero-order chi connectivity index (χ0) is 14.3. The van der Waals surface area contributed by atoms with Crippen molar-refractivity contribution < 1.29 is 9.90 Å². The fourth-order valence-electron chi connectivity index (χ4n) is 2.01. The average molecular weight is 379 g/mol. The number of carboxylic acids is 1. The van der Waals surface area contributed by atoms with Crippen molar-refractivity contribution in [3.8, 4) is 11.3 Å². The normalized spacial score (nSPS) is 10.9. The van der Waals surface area contributed by atoms with Crippen LogP contribution in [0.5, 0.6) is 0 Å². The molecule has 6 heteroatoms. The van der Waals surface area contributed by atoms with E-state index in [2.05, 4.69) is 32.7 Å². The van der Waals surface area contributed by atoms with Crippen molar-refractivity contribution in [1.82, 2.24) is 14.6 Å². The summed E-state index contributed by atoms with van der Waals surface area (Å²) in [5, 5.41) is 13.6. The predicted molar refractivity (Wildman–Crippen MR) is 82.8 cm³/mol. The molecule has 0 saturated heterocycles. The molecule has 0 unspecified atom stereocenters. The largest absolute Gasteiger partial charge is 0.477 e. The monoisotopic (exact) mass is 379 g/mol. The summed E-state index contributed by atoms with van der Waals surface area (Å²) in [5.41, 5.74) is 2.97. The first kappa shape index (κ1) is 13.0. The summed E-state index contributed by atoms with van der Waals surface area (Å²) < 4.78 is 2.24. The van der Waals surface area contributed by atoms with Crippen molar-refractivity contribution in [2.75, 3.05) is 0 Å². The number of fused-ring (bicyclic) bond motifs is 1. The Labute approximate surface area is 128 Å². The first-order chi connectivity index (χ1) is 9.58. The number of carbonyl (C=O) groups is 1. The molecule has 0 bridgehead atoms. The summed E-state index contributed by atoms with van der Waals surface area (Å²) in [4.78, 5) is 16.0. The fourth-order valence-corrected chi connectivity index (χ4v) is 2.46. The molecule has 0 amide bonds. The van der Waals surface area contributed by atoms with Crippen LogP contribution >= 0.6 is 22.6 Å². The maximum Gasteiger partial charge on any atom is 0.354 e. The lowest BCUT2D eigenvalue weighted by atomic mass is 10.1. The molecular formula is C14H10IN3O2. The molecule has 0 fully saturated rings. The van der Waals surface area contributed by atoms with E-state index in [0.717, 1.165) is 14.8 Å². The van der Waals surface area contributed by atoms with Gasteiger partial charge in [-0.3, -0.25) is 0 Å². The van der Waals surface area contributed by atoms with Crippen molar-refractivity contribution >= 4 is 34.2 Å². The van der Waals surface area contributed by atoms with E-state index in [4.69, 9.17) is 0 Å². The molecule has 0 atom stereocenters. The van der Waals surface area contributed by atoms with Crippen molar-refractivity contribution in [2.24, 2.45) is 0 Å². The van der Waals surface area contributed by atoms with Gasteiger partial charge in [-0.05, 0) is 35.6 Å². The van der Waals surface area contributed by atoms with Gasteiger partial charge in [0.15, 0.2) is 11.3 Å². The van der Waals surface area contributed by atoms with Crippen LogP contribution in [0.25, 0.3) is 16.9 Å². The predicted octanol–water partition coefficient (Wildman–Crippen LogP) is 3.01. The Morgan fingerprint density at radius 3 is 2.65 bits per heavy atom. The molecule has 2 heterocycles. The van der Waals surface area contributed by atoms with E-state index in [0.29, 0.717) is 11.3 Å². The highest BCUT2D eigenvalue weighted by atomic mass is 127. The van der Waals surface area contributed by atoms with Crippen LogP contribution in [0.4, 0.5) is 0 Å². The van der Waals surface area contributed by atoms with Crippen LogP contribution in [0.2, 0.25) is 0 Å². The van der Waals surface area contributed by atoms with Crippen LogP contribution in [-0.2, 0) is 0 Å². The van der Waals surface area contributed by atoms with Crippen LogP contribution in [0, 0.1) is 10.5 Å². The van der Waals surface area contributed by atoms with E-state index in [-0.39, 0.29) is 5.69 Å². The maximum absolute atomic E-state index is 11.4. The smallest absolute Gasteiger partial charge is 0.354 e. The lowest BCUT2D eigenvalue weighted by Gasteiger charge is -2.05. The second-order valence-electron chi connectivity index (χ2n) is 4.33. The van der Waals surface area contributed by atoms with E-state index < -0.39 is 5.97 Å². The number of aromatic carboxylic acids is 1. The maximum atomic E-state index is 11.4. The third-order valence-corrected chi connectivity index (χ3v) is 4.24. The van der Waals surface area contributed by atoms with Gasteiger partial charge in [0.05, 0.1) is 15.0 Å². The van der Waals surface area contributed by atoms with E-state index in [1.165, 1.54) is 4.52 Å². The zero-order valence-corrected chi connectivity index (χ0v) is 12.7. The van der Waals surface area contributed by atoms with Gasteiger partial charge in [-0.15, -0.1) is 0 Å². The van der Waals surface area contributed by atoms with Crippen LogP contribution < -0.4 is 0 Å². The van der Waals surface area contributed by atoms with Crippen molar-refractivity contribution in [3.05, 3.63) is 51.4 Å². The highest BCUT2D eigenvalue weighted by molar-refractivity contribution is 14.1. The Hall–Kier alpha value is -1.96. The molecule has 0 spiro atoms. The van der Waals surface area contributed by atoms with Crippen molar-refractivity contribution in [2.45, 2.75) is 6.92 Å². The summed E-state index contributed by atoms with van der Waals surface area (Å²) >= 11 is 2.14. The number of hydrogen-bond donors (Lipinski definition) is 1. The lowest BCUT2D eigenvalue weighted by molar-refractivity contribution is 0.0687. The summed E-state index contributed by atoms with van der Waals surface area (Å²) in [6, 6.07) is 11.1. The second-order valence-corrected chi connectivity index (χ2v) is 5.41. The van der Waals surface area contributed by atoms with Gasteiger partial charge in [-0.1, -0.05) is 30.3 Å². The summed E-state index contributed by atoms with van der Waals surface area (Å²) in [6.45, 7) is 1.84. The van der Waals surface area contributed by atoms with E-state index in [9.17, 15) is 9.90 Å². The van der Waals surface area contributed by atoms with E-state index in [1.54, 1.807) is 6.07 Å².